The second-order valence-corrected chi connectivity index (χ2v) is 6.44. The molecular weight excluding hydrogens is 375 g/mol. The van der Waals surface area contributed by atoms with Crippen molar-refractivity contribution in [2.45, 2.75) is 0 Å². The maximum Gasteiger partial charge on any atom is 0.255 e. The molecule has 0 saturated heterocycles. The van der Waals surface area contributed by atoms with E-state index in [1.165, 1.54) is 12.1 Å². The summed E-state index contributed by atoms with van der Waals surface area (Å²) in [5.41, 5.74) is 2.61. The molecule has 1 aromatic heterocycles. The van der Waals surface area contributed by atoms with Gasteiger partial charge in [-0.2, -0.15) is 0 Å². The number of hydrogen-bond donors (Lipinski definition) is 1. The number of hydrogen-bond acceptors (Lipinski definition) is 3. The van der Waals surface area contributed by atoms with Crippen molar-refractivity contribution < 1.29 is 13.6 Å². The molecule has 4 nitrogen and oxygen atoms in total. The third kappa shape index (κ3) is 2.78. The Kier molecular flexibility index (Phi) is 4.32. The second kappa shape index (κ2) is 6.28. The van der Waals surface area contributed by atoms with Gasteiger partial charge in [-0.05, 0) is 46.3 Å². The van der Waals surface area contributed by atoms with E-state index in [0.29, 0.717) is 27.9 Å². The minimum Gasteiger partial charge on any atom is -0.455 e. The molecule has 0 aliphatic heterocycles. The van der Waals surface area contributed by atoms with Crippen molar-refractivity contribution in [2.24, 2.45) is 0 Å². The Balaban J connectivity index is 2.31. The first kappa shape index (κ1) is 16.5. The number of nitrogens with one attached hydrogen (secondary N) is 1. The summed E-state index contributed by atoms with van der Waals surface area (Å²) in [6.45, 7) is 0. The van der Waals surface area contributed by atoms with Gasteiger partial charge in [0.2, 0.25) is 0 Å². The van der Waals surface area contributed by atoms with Gasteiger partial charge in [0.15, 0.2) is 0 Å². The van der Waals surface area contributed by atoms with Crippen molar-refractivity contribution in [3.8, 4) is 11.3 Å². The van der Waals surface area contributed by atoms with Crippen LogP contribution in [0.2, 0.25) is 0 Å². The summed E-state index contributed by atoms with van der Waals surface area (Å²) in [5.74, 6) is -0.168. The van der Waals surface area contributed by atoms with Gasteiger partial charge < -0.3 is 14.6 Å². The molecule has 0 spiro atoms. The number of fused-ring (bicyclic) bond motifs is 1. The molecule has 0 fully saturated rings. The van der Waals surface area contributed by atoms with Crippen molar-refractivity contribution in [1.29, 1.82) is 0 Å². The summed E-state index contributed by atoms with van der Waals surface area (Å²) in [5, 5.41) is 3.34. The molecule has 3 rings (SSSR count). The van der Waals surface area contributed by atoms with Crippen LogP contribution >= 0.6 is 15.9 Å². The standard InChI is InChI=1S/C18H16BrFN2O2/c1-21-18(23)16-12-8-13(19)14(22(2)3)9-15(12)24-17(16)10-4-6-11(20)7-5-10/h4-9H,1-3H3,(H,21,23). The molecule has 0 aliphatic carbocycles. The largest absolute Gasteiger partial charge is 0.455 e. The zero-order chi connectivity index (χ0) is 17.4. The lowest BCUT2D eigenvalue weighted by atomic mass is 10.0. The Labute approximate surface area is 147 Å². The fourth-order valence-electron chi connectivity index (χ4n) is 2.60. The van der Waals surface area contributed by atoms with Crippen molar-refractivity contribution in [2.75, 3.05) is 26.0 Å². The molecule has 2 aromatic carbocycles. The van der Waals surface area contributed by atoms with E-state index in [1.807, 2.05) is 31.1 Å². The van der Waals surface area contributed by atoms with E-state index in [0.717, 1.165) is 10.2 Å². The van der Waals surface area contributed by atoms with Crippen LogP contribution in [0.25, 0.3) is 22.3 Å². The number of halogens is 2. The summed E-state index contributed by atoms with van der Waals surface area (Å²) in [6.07, 6.45) is 0. The van der Waals surface area contributed by atoms with E-state index in [4.69, 9.17) is 4.42 Å². The molecule has 0 atom stereocenters. The average Bonchev–Trinajstić information content (AvgIpc) is 2.92. The minimum absolute atomic E-state index is 0.252. The first-order chi connectivity index (χ1) is 11.4. The van der Waals surface area contributed by atoms with Gasteiger partial charge in [0.05, 0.1) is 11.3 Å². The topological polar surface area (TPSA) is 45.5 Å². The van der Waals surface area contributed by atoms with Gasteiger partial charge in [-0.1, -0.05) is 0 Å². The monoisotopic (exact) mass is 390 g/mol. The third-order valence-corrected chi connectivity index (χ3v) is 4.43. The zero-order valence-corrected chi connectivity index (χ0v) is 15.1. The van der Waals surface area contributed by atoms with E-state index >= 15 is 0 Å². The Bertz CT molecular complexity index is 917. The highest BCUT2D eigenvalue weighted by Gasteiger charge is 2.23. The van der Waals surface area contributed by atoms with E-state index in [-0.39, 0.29) is 11.7 Å². The highest BCUT2D eigenvalue weighted by atomic mass is 79.9. The number of rotatable bonds is 3. The van der Waals surface area contributed by atoms with Gasteiger partial charge in [0, 0.05) is 42.6 Å². The highest BCUT2D eigenvalue weighted by Crippen LogP contribution is 2.38. The van der Waals surface area contributed by atoms with Crippen LogP contribution in [-0.2, 0) is 0 Å². The van der Waals surface area contributed by atoms with Crippen molar-refractivity contribution >= 4 is 38.5 Å². The molecule has 1 amide bonds. The Hall–Kier alpha value is -2.34. The van der Waals surface area contributed by atoms with Crippen LogP contribution in [0, 0.1) is 5.82 Å². The minimum atomic E-state index is -0.339. The van der Waals surface area contributed by atoms with Crippen LogP contribution in [0.1, 0.15) is 10.4 Å². The molecule has 24 heavy (non-hydrogen) atoms. The van der Waals surface area contributed by atoms with Crippen molar-refractivity contribution in [1.82, 2.24) is 5.32 Å². The van der Waals surface area contributed by atoms with Crippen LogP contribution in [0.3, 0.4) is 0 Å². The van der Waals surface area contributed by atoms with Gasteiger partial charge in [-0.3, -0.25) is 4.79 Å². The molecular formula is C18H16BrFN2O2. The number of benzene rings is 2. The van der Waals surface area contributed by atoms with E-state index in [1.54, 1.807) is 19.2 Å². The summed E-state index contributed by atoms with van der Waals surface area (Å²) in [7, 11) is 5.42. The predicted octanol–water partition coefficient (Wildman–Crippen LogP) is 4.43. The number of anilines is 1. The molecule has 6 heteroatoms. The molecule has 3 aromatic rings. The summed E-state index contributed by atoms with van der Waals surface area (Å²) in [6, 6.07) is 9.63. The highest BCUT2D eigenvalue weighted by molar-refractivity contribution is 9.10. The first-order valence-corrected chi connectivity index (χ1v) is 8.13. The molecule has 124 valence electrons. The van der Waals surface area contributed by atoms with Crippen LogP contribution in [0.15, 0.2) is 45.3 Å². The predicted molar refractivity (Wildman–Crippen MR) is 97.0 cm³/mol. The number of carbonyl (C=O) groups is 1. The molecule has 0 aliphatic rings. The quantitative estimate of drug-likeness (QED) is 0.719. The van der Waals surface area contributed by atoms with Gasteiger partial charge in [-0.15, -0.1) is 0 Å². The fraction of sp³-hybridized carbons (Fsp3) is 0.167. The number of carbonyl (C=O) groups excluding carboxylic acids is 1. The number of nitrogens with zero attached hydrogens (tertiary/aromatic N) is 1. The maximum atomic E-state index is 13.2. The van der Waals surface area contributed by atoms with E-state index in [9.17, 15) is 9.18 Å². The molecule has 1 N–H and O–H groups in total. The summed E-state index contributed by atoms with van der Waals surface area (Å²) < 4.78 is 20.0. The van der Waals surface area contributed by atoms with Crippen molar-refractivity contribution in [3.63, 3.8) is 0 Å². The number of furan rings is 1. The maximum absolute atomic E-state index is 13.2. The normalized spacial score (nSPS) is 10.9. The Morgan fingerprint density at radius 1 is 1.21 bits per heavy atom. The van der Waals surface area contributed by atoms with Crippen molar-refractivity contribution in [3.05, 3.63) is 52.3 Å². The van der Waals surface area contributed by atoms with Gasteiger partial charge in [0.25, 0.3) is 5.91 Å². The lowest BCUT2D eigenvalue weighted by Crippen LogP contribution is -2.18. The second-order valence-electron chi connectivity index (χ2n) is 5.59. The van der Waals surface area contributed by atoms with Gasteiger partial charge >= 0.3 is 0 Å². The van der Waals surface area contributed by atoms with Crippen LogP contribution in [0.4, 0.5) is 10.1 Å². The SMILES string of the molecule is CNC(=O)c1c(-c2ccc(F)cc2)oc2cc(N(C)C)c(Br)cc12. The first-order valence-electron chi connectivity index (χ1n) is 7.33. The van der Waals surface area contributed by atoms with Crippen LogP contribution in [0.5, 0.6) is 0 Å². The molecule has 1 heterocycles. The zero-order valence-electron chi connectivity index (χ0n) is 13.5. The lowest BCUT2D eigenvalue weighted by molar-refractivity contribution is 0.0964. The van der Waals surface area contributed by atoms with Crippen LogP contribution < -0.4 is 10.2 Å². The van der Waals surface area contributed by atoms with Gasteiger partial charge in [-0.25, -0.2) is 4.39 Å². The molecule has 0 radical (unpaired) electrons. The Morgan fingerprint density at radius 3 is 2.46 bits per heavy atom. The fourth-order valence-corrected chi connectivity index (χ4v) is 3.30. The summed E-state index contributed by atoms with van der Waals surface area (Å²) >= 11 is 3.53. The third-order valence-electron chi connectivity index (χ3n) is 3.80. The van der Waals surface area contributed by atoms with Crippen LogP contribution in [-0.4, -0.2) is 27.1 Å². The molecule has 0 bridgehead atoms. The molecule has 0 unspecified atom stereocenters. The smallest absolute Gasteiger partial charge is 0.255 e. The lowest BCUT2D eigenvalue weighted by Gasteiger charge is -2.14. The number of amides is 1. The Morgan fingerprint density at radius 2 is 1.88 bits per heavy atom. The average molecular weight is 391 g/mol. The van der Waals surface area contributed by atoms with E-state index < -0.39 is 0 Å². The molecule has 0 saturated carbocycles. The summed E-state index contributed by atoms with van der Waals surface area (Å²) in [4.78, 5) is 14.4. The van der Waals surface area contributed by atoms with Gasteiger partial charge in [0.1, 0.15) is 17.2 Å². The van der Waals surface area contributed by atoms with E-state index in [2.05, 4.69) is 21.2 Å².